The molecule has 2 aliphatic rings. The molecule has 0 amide bonds. The Morgan fingerprint density at radius 1 is 1.25 bits per heavy atom. The maximum absolute atomic E-state index is 12.2. The van der Waals surface area contributed by atoms with Gasteiger partial charge < -0.3 is 10.1 Å². The first kappa shape index (κ1) is 17.3. The van der Waals surface area contributed by atoms with Gasteiger partial charge in [0.2, 0.25) is 10.0 Å². The maximum Gasteiger partial charge on any atom is 0.240 e. The number of nitriles is 1. The molecule has 0 aliphatic carbocycles. The quantitative estimate of drug-likeness (QED) is 0.696. The lowest BCUT2D eigenvalue weighted by atomic mass is 10.1. The van der Waals surface area contributed by atoms with E-state index in [1.165, 1.54) is 24.3 Å². The van der Waals surface area contributed by atoms with Crippen molar-refractivity contribution in [2.45, 2.75) is 23.5 Å². The molecule has 2 unspecified atom stereocenters. The van der Waals surface area contributed by atoms with E-state index in [0.717, 1.165) is 39.1 Å². The highest BCUT2D eigenvalue weighted by atomic mass is 32.2. The van der Waals surface area contributed by atoms with E-state index in [2.05, 4.69) is 14.9 Å². The lowest BCUT2D eigenvalue weighted by molar-refractivity contribution is -0.103. The Bertz CT molecular complexity index is 687. The molecule has 0 spiro atoms. The van der Waals surface area contributed by atoms with Gasteiger partial charge in [-0.1, -0.05) is 0 Å². The summed E-state index contributed by atoms with van der Waals surface area (Å²) in [6.45, 7) is 4.81. The van der Waals surface area contributed by atoms with Crippen molar-refractivity contribution >= 4 is 10.0 Å². The van der Waals surface area contributed by atoms with Crippen molar-refractivity contribution in [3.63, 3.8) is 0 Å². The lowest BCUT2D eigenvalue weighted by Gasteiger charge is -2.41. The van der Waals surface area contributed by atoms with Crippen LogP contribution in [0.25, 0.3) is 0 Å². The fourth-order valence-corrected chi connectivity index (χ4v) is 4.20. The van der Waals surface area contributed by atoms with Gasteiger partial charge in [0, 0.05) is 32.7 Å². The number of sulfonamides is 1. The first-order chi connectivity index (χ1) is 11.6. The minimum absolute atomic E-state index is 0.188. The van der Waals surface area contributed by atoms with Gasteiger partial charge in [0.05, 0.1) is 28.7 Å². The number of hydrogen-bond donors (Lipinski definition) is 2. The van der Waals surface area contributed by atoms with Crippen molar-refractivity contribution in [2.75, 3.05) is 39.3 Å². The number of fused-ring (bicyclic) bond motifs is 2. The summed E-state index contributed by atoms with van der Waals surface area (Å²) in [5, 5.41) is 12.1. The minimum Gasteiger partial charge on any atom is -0.370 e. The van der Waals surface area contributed by atoms with Crippen LogP contribution >= 0.6 is 0 Å². The third-order valence-corrected chi connectivity index (χ3v) is 5.77. The number of ether oxygens (including phenoxy) is 1. The monoisotopic (exact) mass is 350 g/mol. The number of rotatable bonds is 6. The van der Waals surface area contributed by atoms with E-state index in [1.54, 1.807) is 0 Å². The van der Waals surface area contributed by atoms with Gasteiger partial charge in [-0.15, -0.1) is 0 Å². The molecule has 2 bridgehead atoms. The summed E-state index contributed by atoms with van der Waals surface area (Å²) in [6.07, 6.45) is 1.24. The molecule has 2 fully saturated rings. The Hall–Kier alpha value is -1.50. The van der Waals surface area contributed by atoms with Gasteiger partial charge in [-0.05, 0) is 37.2 Å². The topological polar surface area (TPSA) is 94.5 Å². The number of benzene rings is 1. The standard InChI is InChI=1S/C16H22N4O3S/c17-8-13-2-4-16(5-3-13)24(21,22)19-6-1-7-20-11-14-9-18-10-15(12-20)23-14/h2-5,14-15,18-19H,1,6-7,9-12H2. The molecule has 0 saturated carbocycles. The van der Waals surface area contributed by atoms with Crippen molar-refractivity contribution in [1.29, 1.82) is 5.26 Å². The third-order valence-electron chi connectivity index (χ3n) is 4.29. The highest BCUT2D eigenvalue weighted by Crippen LogP contribution is 2.14. The largest absolute Gasteiger partial charge is 0.370 e. The zero-order chi connectivity index (χ0) is 17.0. The van der Waals surface area contributed by atoms with Crippen LogP contribution in [0.3, 0.4) is 0 Å². The highest BCUT2D eigenvalue weighted by molar-refractivity contribution is 7.89. The molecule has 2 heterocycles. The Balaban J connectivity index is 1.44. The summed E-state index contributed by atoms with van der Waals surface area (Å²) in [7, 11) is -3.52. The molecule has 8 heteroatoms. The van der Waals surface area contributed by atoms with Crippen LogP contribution in [0.1, 0.15) is 12.0 Å². The second-order valence-electron chi connectivity index (χ2n) is 6.19. The second kappa shape index (κ2) is 7.59. The van der Waals surface area contributed by atoms with Crippen LogP contribution in [0, 0.1) is 11.3 Å². The van der Waals surface area contributed by atoms with E-state index < -0.39 is 10.0 Å². The zero-order valence-corrected chi connectivity index (χ0v) is 14.3. The third kappa shape index (κ3) is 4.32. The van der Waals surface area contributed by atoms with E-state index in [-0.39, 0.29) is 17.1 Å². The summed E-state index contributed by atoms with van der Waals surface area (Å²) in [6, 6.07) is 7.90. The van der Waals surface area contributed by atoms with Crippen LogP contribution in [0.2, 0.25) is 0 Å². The summed E-state index contributed by atoms with van der Waals surface area (Å²) >= 11 is 0. The van der Waals surface area contributed by atoms with Crippen LogP contribution in [0.15, 0.2) is 29.2 Å². The fraction of sp³-hybridized carbons (Fsp3) is 0.562. The summed E-state index contributed by atoms with van der Waals surface area (Å²) in [5.41, 5.74) is 0.446. The summed E-state index contributed by atoms with van der Waals surface area (Å²) in [5.74, 6) is 0. The fourth-order valence-electron chi connectivity index (χ4n) is 3.12. The minimum atomic E-state index is -3.52. The van der Waals surface area contributed by atoms with Gasteiger partial charge in [-0.3, -0.25) is 4.90 Å². The SMILES string of the molecule is N#Cc1ccc(S(=O)(=O)NCCCN2CC3CNCC(C2)O3)cc1. The van der Waals surface area contributed by atoms with E-state index >= 15 is 0 Å². The lowest BCUT2D eigenvalue weighted by Crippen LogP contribution is -2.58. The molecule has 2 atom stereocenters. The number of morpholine rings is 2. The normalized spacial score (nSPS) is 24.5. The van der Waals surface area contributed by atoms with Crippen molar-refractivity contribution in [1.82, 2.24) is 14.9 Å². The number of hydrogen-bond acceptors (Lipinski definition) is 6. The van der Waals surface area contributed by atoms with E-state index in [9.17, 15) is 8.42 Å². The Kier molecular flexibility index (Phi) is 5.48. The van der Waals surface area contributed by atoms with Gasteiger partial charge in [-0.2, -0.15) is 5.26 Å². The van der Waals surface area contributed by atoms with Crippen molar-refractivity contribution in [3.8, 4) is 6.07 Å². The predicted molar refractivity (Wildman–Crippen MR) is 88.9 cm³/mol. The van der Waals surface area contributed by atoms with E-state index in [4.69, 9.17) is 10.00 Å². The summed E-state index contributed by atoms with van der Waals surface area (Å²) < 4.78 is 32.9. The maximum atomic E-state index is 12.2. The van der Waals surface area contributed by atoms with E-state index in [0.29, 0.717) is 12.1 Å². The van der Waals surface area contributed by atoms with Crippen LogP contribution in [-0.4, -0.2) is 64.8 Å². The van der Waals surface area contributed by atoms with Gasteiger partial charge in [0.15, 0.2) is 0 Å². The predicted octanol–water partition coefficient (Wildman–Crippen LogP) is -0.101. The Morgan fingerprint density at radius 3 is 2.54 bits per heavy atom. The molecule has 24 heavy (non-hydrogen) atoms. The van der Waals surface area contributed by atoms with Gasteiger partial charge in [0.25, 0.3) is 0 Å². The molecule has 0 aromatic heterocycles. The Labute approximate surface area is 142 Å². The average molecular weight is 350 g/mol. The first-order valence-electron chi connectivity index (χ1n) is 8.15. The Morgan fingerprint density at radius 2 is 1.92 bits per heavy atom. The van der Waals surface area contributed by atoms with Crippen LogP contribution in [-0.2, 0) is 14.8 Å². The molecule has 0 radical (unpaired) electrons. The van der Waals surface area contributed by atoms with Crippen molar-refractivity contribution < 1.29 is 13.2 Å². The van der Waals surface area contributed by atoms with Gasteiger partial charge in [-0.25, -0.2) is 13.1 Å². The van der Waals surface area contributed by atoms with E-state index in [1.807, 2.05) is 6.07 Å². The first-order valence-corrected chi connectivity index (χ1v) is 9.63. The highest BCUT2D eigenvalue weighted by Gasteiger charge is 2.30. The second-order valence-corrected chi connectivity index (χ2v) is 7.95. The zero-order valence-electron chi connectivity index (χ0n) is 13.4. The van der Waals surface area contributed by atoms with Gasteiger partial charge >= 0.3 is 0 Å². The molecule has 130 valence electrons. The molecular formula is C16H22N4O3S. The smallest absolute Gasteiger partial charge is 0.240 e. The molecule has 2 saturated heterocycles. The molecule has 3 rings (SSSR count). The van der Waals surface area contributed by atoms with Gasteiger partial charge in [0.1, 0.15) is 0 Å². The van der Waals surface area contributed by atoms with Crippen LogP contribution in [0.4, 0.5) is 0 Å². The molecule has 1 aromatic carbocycles. The molecule has 1 aromatic rings. The van der Waals surface area contributed by atoms with Crippen LogP contribution in [0.5, 0.6) is 0 Å². The van der Waals surface area contributed by atoms with Crippen molar-refractivity contribution in [3.05, 3.63) is 29.8 Å². The van der Waals surface area contributed by atoms with Crippen molar-refractivity contribution in [2.24, 2.45) is 0 Å². The molecule has 2 aliphatic heterocycles. The summed E-state index contributed by atoms with van der Waals surface area (Å²) in [4.78, 5) is 2.53. The molecule has 7 nitrogen and oxygen atoms in total. The number of nitrogens with one attached hydrogen (secondary N) is 2. The average Bonchev–Trinajstić information content (AvgIpc) is 2.58. The molecular weight excluding hydrogens is 328 g/mol. The molecule has 2 N–H and O–H groups in total. The van der Waals surface area contributed by atoms with Crippen LogP contribution < -0.4 is 10.0 Å². The number of nitrogens with zero attached hydrogens (tertiary/aromatic N) is 2.